The van der Waals surface area contributed by atoms with Gasteiger partial charge < -0.3 is 9.72 Å². The number of hydrogen-bond acceptors (Lipinski definition) is 2. The maximum atomic E-state index is 14.4. The summed E-state index contributed by atoms with van der Waals surface area (Å²) in [5.74, 6) is -4.41. The summed E-state index contributed by atoms with van der Waals surface area (Å²) < 4.78 is 73.8. The van der Waals surface area contributed by atoms with E-state index in [0.717, 1.165) is 7.11 Å². The molecule has 0 amide bonds. The number of alkyl halides is 3. The average Bonchev–Trinajstić information content (AvgIpc) is 3.19. The zero-order valence-electron chi connectivity index (χ0n) is 17.6. The Bertz CT molecular complexity index is 1360. The van der Waals surface area contributed by atoms with Crippen LogP contribution in [0.5, 0.6) is 5.75 Å². The maximum absolute atomic E-state index is 14.4. The molecular weight excluding hydrogens is 441 g/mol. The Morgan fingerprint density at radius 1 is 0.970 bits per heavy atom. The molecule has 0 saturated heterocycles. The van der Waals surface area contributed by atoms with Gasteiger partial charge in [0.25, 0.3) is 0 Å². The van der Waals surface area contributed by atoms with Gasteiger partial charge in [0, 0.05) is 23.2 Å². The van der Waals surface area contributed by atoms with Crippen molar-refractivity contribution >= 4 is 16.7 Å². The molecule has 1 atom stereocenters. The van der Waals surface area contributed by atoms with Crippen molar-refractivity contribution in [3.8, 4) is 5.75 Å². The molecular formula is C25H18F5NO2. The van der Waals surface area contributed by atoms with Crippen LogP contribution in [0.15, 0.2) is 60.8 Å². The third-order valence-corrected chi connectivity index (χ3v) is 5.68. The highest BCUT2D eigenvalue weighted by Crippen LogP contribution is 2.40. The molecule has 4 rings (SSSR count). The third kappa shape index (κ3) is 3.97. The van der Waals surface area contributed by atoms with Crippen molar-refractivity contribution < 1.29 is 31.5 Å². The topological polar surface area (TPSA) is 42.1 Å². The molecule has 3 aromatic carbocycles. The minimum Gasteiger partial charge on any atom is -0.496 e. The number of ketones is 1. The van der Waals surface area contributed by atoms with Crippen LogP contribution in [0.1, 0.15) is 38.5 Å². The van der Waals surface area contributed by atoms with E-state index >= 15 is 0 Å². The summed E-state index contributed by atoms with van der Waals surface area (Å²) in [5.41, 5.74) is -0.431. The van der Waals surface area contributed by atoms with Gasteiger partial charge in [0.1, 0.15) is 17.4 Å². The normalized spacial score (nSPS) is 12.7. The van der Waals surface area contributed by atoms with Crippen molar-refractivity contribution in [2.45, 2.75) is 19.0 Å². The number of halogens is 5. The van der Waals surface area contributed by atoms with E-state index in [1.165, 1.54) is 19.1 Å². The molecule has 0 saturated carbocycles. The van der Waals surface area contributed by atoms with E-state index in [4.69, 9.17) is 4.74 Å². The van der Waals surface area contributed by atoms with E-state index in [2.05, 4.69) is 4.98 Å². The van der Waals surface area contributed by atoms with Gasteiger partial charge in [-0.25, -0.2) is 8.78 Å². The molecule has 1 aromatic heterocycles. The summed E-state index contributed by atoms with van der Waals surface area (Å²) in [6, 6.07) is 12.3. The van der Waals surface area contributed by atoms with Crippen LogP contribution in [-0.4, -0.2) is 17.9 Å². The van der Waals surface area contributed by atoms with Crippen LogP contribution in [0.4, 0.5) is 22.0 Å². The van der Waals surface area contributed by atoms with Crippen molar-refractivity contribution in [2.24, 2.45) is 0 Å². The second-order valence-corrected chi connectivity index (χ2v) is 7.57. The number of aromatic nitrogens is 1. The van der Waals surface area contributed by atoms with Crippen molar-refractivity contribution in [1.82, 2.24) is 4.98 Å². The standard InChI is InChI=1S/C25H18F5NO2/c1-13-14(7-5-8-19(13)26)23(17-12-31-21-9-4-3-6-15(17)21)24(32)16-10-18(25(28,29)30)20(27)11-22(16)33-2/h3-12,23,31H,1-2H3. The predicted octanol–water partition coefficient (Wildman–Crippen LogP) is 6.80. The van der Waals surface area contributed by atoms with Crippen LogP contribution in [0.2, 0.25) is 0 Å². The average molecular weight is 459 g/mol. The van der Waals surface area contributed by atoms with Gasteiger partial charge in [-0.15, -0.1) is 0 Å². The second-order valence-electron chi connectivity index (χ2n) is 7.57. The number of aromatic amines is 1. The highest BCUT2D eigenvalue weighted by Gasteiger charge is 2.38. The van der Waals surface area contributed by atoms with Gasteiger partial charge >= 0.3 is 6.18 Å². The van der Waals surface area contributed by atoms with Crippen LogP contribution in [0.25, 0.3) is 10.9 Å². The Hall–Kier alpha value is -3.68. The SMILES string of the molecule is COc1cc(F)c(C(F)(F)F)cc1C(=O)C(c1cccc(F)c1C)c1c[nH]c2ccccc12. The number of methoxy groups -OCH3 is 1. The zero-order chi connectivity index (χ0) is 23.9. The monoisotopic (exact) mass is 459 g/mol. The van der Waals surface area contributed by atoms with E-state index in [0.29, 0.717) is 28.6 Å². The van der Waals surface area contributed by atoms with E-state index in [1.54, 1.807) is 36.5 Å². The summed E-state index contributed by atoms with van der Waals surface area (Å²) in [5, 5.41) is 0.650. The molecule has 0 spiro atoms. The summed E-state index contributed by atoms with van der Waals surface area (Å²) in [6.45, 7) is 1.49. The number of nitrogens with one attached hydrogen (secondary N) is 1. The van der Waals surface area contributed by atoms with Crippen LogP contribution in [0.3, 0.4) is 0 Å². The molecule has 1 unspecified atom stereocenters. The minimum absolute atomic E-state index is 0.179. The summed E-state index contributed by atoms with van der Waals surface area (Å²) >= 11 is 0. The fourth-order valence-corrected chi connectivity index (χ4v) is 4.01. The number of carbonyl (C=O) groups is 1. The number of fused-ring (bicyclic) bond motifs is 1. The smallest absolute Gasteiger partial charge is 0.419 e. The summed E-state index contributed by atoms with van der Waals surface area (Å²) in [7, 11) is 1.13. The number of hydrogen-bond donors (Lipinski definition) is 1. The Labute approximate surface area is 185 Å². The first-order valence-electron chi connectivity index (χ1n) is 9.93. The fraction of sp³-hybridized carbons (Fsp3) is 0.160. The van der Waals surface area contributed by atoms with Crippen molar-refractivity contribution in [1.29, 1.82) is 0 Å². The number of H-pyrrole nitrogens is 1. The predicted molar refractivity (Wildman–Crippen MR) is 114 cm³/mol. The summed E-state index contributed by atoms with van der Waals surface area (Å²) in [6.07, 6.45) is -3.45. The van der Waals surface area contributed by atoms with E-state index < -0.39 is 40.6 Å². The third-order valence-electron chi connectivity index (χ3n) is 5.68. The lowest BCUT2D eigenvalue weighted by Gasteiger charge is -2.21. The minimum atomic E-state index is -5.02. The molecule has 0 radical (unpaired) electrons. The van der Waals surface area contributed by atoms with Gasteiger partial charge in [-0.2, -0.15) is 13.2 Å². The number of Topliss-reactive ketones (excluding diaryl/α,β-unsaturated/α-hetero) is 1. The molecule has 3 nitrogen and oxygen atoms in total. The van der Waals surface area contributed by atoms with Crippen molar-refractivity contribution in [3.05, 3.63) is 100 Å². The van der Waals surface area contributed by atoms with Crippen LogP contribution in [0, 0.1) is 18.6 Å². The largest absolute Gasteiger partial charge is 0.496 e. The quantitative estimate of drug-likeness (QED) is 0.264. The molecule has 4 aromatic rings. The maximum Gasteiger partial charge on any atom is 0.419 e. The lowest BCUT2D eigenvalue weighted by atomic mass is 9.82. The Morgan fingerprint density at radius 3 is 2.39 bits per heavy atom. The molecule has 33 heavy (non-hydrogen) atoms. The second kappa shape index (κ2) is 8.35. The lowest BCUT2D eigenvalue weighted by Crippen LogP contribution is -2.19. The molecule has 0 aliphatic carbocycles. The van der Waals surface area contributed by atoms with E-state index in [-0.39, 0.29) is 16.9 Å². The van der Waals surface area contributed by atoms with E-state index in [9.17, 15) is 26.7 Å². The molecule has 1 heterocycles. The fourth-order valence-electron chi connectivity index (χ4n) is 4.01. The Morgan fingerprint density at radius 2 is 1.70 bits per heavy atom. The molecule has 0 aliphatic heterocycles. The van der Waals surface area contributed by atoms with Crippen LogP contribution < -0.4 is 4.74 Å². The van der Waals surface area contributed by atoms with Gasteiger partial charge in [-0.05, 0) is 41.8 Å². The van der Waals surface area contributed by atoms with Crippen LogP contribution >= 0.6 is 0 Å². The van der Waals surface area contributed by atoms with Gasteiger partial charge in [-0.1, -0.05) is 30.3 Å². The number of carbonyl (C=O) groups excluding carboxylic acids is 1. The van der Waals surface area contributed by atoms with Gasteiger partial charge in [0.05, 0.1) is 24.2 Å². The first-order valence-corrected chi connectivity index (χ1v) is 9.93. The molecule has 1 N–H and O–H groups in total. The first kappa shape index (κ1) is 22.5. The van der Waals surface area contributed by atoms with Gasteiger partial charge in [-0.3, -0.25) is 4.79 Å². The molecule has 0 fully saturated rings. The molecule has 0 aliphatic rings. The van der Waals surface area contributed by atoms with Gasteiger partial charge in [0.2, 0.25) is 0 Å². The van der Waals surface area contributed by atoms with Gasteiger partial charge in [0.15, 0.2) is 5.78 Å². The Kier molecular flexibility index (Phi) is 5.69. The zero-order valence-corrected chi connectivity index (χ0v) is 17.6. The van der Waals surface area contributed by atoms with Crippen molar-refractivity contribution in [2.75, 3.05) is 7.11 Å². The van der Waals surface area contributed by atoms with Crippen LogP contribution in [-0.2, 0) is 6.18 Å². The molecule has 170 valence electrons. The molecule has 8 heteroatoms. The highest BCUT2D eigenvalue weighted by atomic mass is 19.4. The number of para-hydroxylation sites is 1. The Balaban J connectivity index is 2.00. The van der Waals surface area contributed by atoms with E-state index in [1.807, 2.05) is 0 Å². The number of rotatable bonds is 5. The number of benzene rings is 3. The lowest BCUT2D eigenvalue weighted by molar-refractivity contribution is -0.140. The first-order chi connectivity index (χ1) is 15.6. The number of ether oxygens (including phenoxy) is 1. The highest BCUT2D eigenvalue weighted by molar-refractivity contribution is 6.07. The molecule has 0 bridgehead atoms. The summed E-state index contributed by atoms with van der Waals surface area (Å²) in [4.78, 5) is 16.8. The van der Waals surface area contributed by atoms with Crippen molar-refractivity contribution in [3.63, 3.8) is 0 Å².